The van der Waals surface area contributed by atoms with Crippen LogP contribution in [0.25, 0.3) is 0 Å². The molecule has 0 saturated heterocycles. The number of para-hydroxylation sites is 3. The van der Waals surface area contributed by atoms with E-state index in [2.05, 4.69) is 20.7 Å². The van der Waals surface area contributed by atoms with Crippen LogP contribution < -0.4 is 24.8 Å². The smallest absolute Gasteiger partial charge is 0.255 e. The molecule has 9 nitrogen and oxygen atoms in total. The fraction of sp³-hybridized carbons (Fsp3) is 0.179. The van der Waals surface area contributed by atoms with Crippen LogP contribution in [0.3, 0.4) is 0 Å². The maximum atomic E-state index is 13.8. The Morgan fingerprint density at radius 2 is 1.70 bits per heavy atom. The first-order chi connectivity index (χ1) is 18.1. The topological polar surface area (TPSA) is 99.5 Å². The number of anilines is 2. The molecule has 0 saturated carbocycles. The number of benzene rings is 3. The molecule has 0 radical (unpaired) electrons. The van der Waals surface area contributed by atoms with Gasteiger partial charge in [0.05, 0.1) is 25.5 Å². The Balaban J connectivity index is 1.58. The number of nitrogens with zero attached hydrogens (tertiary/aromatic N) is 3. The standard InChI is InChI=1S/C28H27N5O4/c1-18-24(27(34)32-21-13-7-8-14-22(21)35-2)25(33-28(31-18)29-17-30-33)20-12-9-15-23(36-3)26(20)37-16-19-10-5-4-6-11-19/h4-15,17,25H,16H2,1-3H3,(H,32,34)(H,29,30,31). The molecule has 5 rings (SSSR count). The monoisotopic (exact) mass is 497 g/mol. The van der Waals surface area contributed by atoms with E-state index < -0.39 is 6.04 Å². The molecule has 0 fully saturated rings. The van der Waals surface area contributed by atoms with Crippen LogP contribution in [-0.2, 0) is 11.4 Å². The van der Waals surface area contributed by atoms with Crippen molar-refractivity contribution in [3.63, 3.8) is 0 Å². The molecular weight excluding hydrogens is 470 g/mol. The van der Waals surface area contributed by atoms with Gasteiger partial charge >= 0.3 is 0 Å². The van der Waals surface area contributed by atoms with Gasteiger partial charge in [-0.25, -0.2) is 4.68 Å². The number of fused-ring (bicyclic) bond motifs is 1. The van der Waals surface area contributed by atoms with E-state index in [0.29, 0.717) is 52.3 Å². The van der Waals surface area contributed by atoms with Gasteiger partial charge in [0.2, 0.25) is 5.95 Å². The number of carbonyl (C=O) groups is 1. The molecule has 188 valence electrons. The number of carbonyl (C=O) groups excluding carboxylic acids is 1. The average Bonchev–Trinajstić information content (AvgIpc) is 3.39. The largest absolute Gasteiger partial charge is 0.495 e. The van der Waals surface area contributed by atoms with Crippen LogP contribution in [0.5, 0.6) is 17.2 Å². The van der Waals surface area contributed by atoms with E-state index in [0.717, 1.165) is 5.56 Å². The average molecular weight is 498 g/mol. The van der Waals surface area contributed by atoms with Crippen LogP contribution in [0.2, 0.25) is 0 Å². The first kappa shape index (κ1) is 23.9. The van der Waals surface area contributed by atoms with Crippen molar-refractivity contribution in [1.29, 1.82) is 0 Å². The first-order valence-corrected chi connectivity index (χ1v) is 11.8. The normalized spacial score (nSPS) is 14.4. The summed E-state index contributed by atoms with van der Waals surface area (Å²) in [6.07, 6.45) is 1.45. The predicted molar refractivity (Wildman–Crippen MR) is 140 cm³/mol. The fourth-order valence-corrected chi connectivity index (χ4v) is 4.40. The highest BCUT2D eigenvalue weighted by Gasteiger charge is 2.36. The molecule has 0 bridgehead atoms. The number of hydrogen-bond acceptors (Lipinski definition) is 7. The quantitative estimate of drug-likeness (QED) is 0.361. The van der Waals surface area contributed by atoms with E-state index in [9.17, 15) is 4.79 Å². The Labute approximate surface area is 214 Å². The van der Waals surface area contributed by atoms with Gasteiger partial charge in [-0.3, -0.25) is 4.79 Å². The van der Waals surface area contributed by atoms with Gasteiger partial charge in [-0.15, -0.1) is 0 Å². The summed E-state index contributed by atoms with van der Waals surface area (Å²) in [6.45, 7) is 2.17. The van der Waals surface area contributed by atoms with Crippen LogP contribution in [0, 0.1) is 0 Å². The Hall–Kier alpha value is -4.79. The van der Waals surface area contributed by atoms with Crippen molar-refractivity contribution in [3.05, 3.63) is 102 Å². The highest BCUT2D eigenvalue weighted by molar-refractivity contribution is 6.06. The first-order valence-electron chi connectivity index (χ1n) is 11.8. The lowest BCUT2D eigenvalue weighted by atomic mass is 9.93. The third kappa shape index (κ3) is 4.71. The lowest BCUT2D eigenvalue weighted by molar-refractivity contribution is -0.113. The summed E-state index contributed by atoms with van der Waals surface area (Å²) in [5.74, 6) is 1.85. The number of ether oxygens (including phenoxy) is 3. The molecule has 0 spiro atoms. The van der Waals surface area contributed by atoms with Crippen molar-refractivity contribution in [2.45, 2.75) is 19.6 Å². The predicted octanol–water partition coefficient (Wildman–Crippen LogP) is 4.80. The van der Waals surface area contributed by atoms with E-state index in [4.69, 9.17) is 14.2 Å². The Kier molecular flexibility index (Phi) is 6.76. The van der Waals surface area contributed by atoms with E-state index in [-0.39, 0.29) is 5.91 Å². The molecule has 1 aromatic heterocycles. The molecule has 2 N–H and O–H groups in total. The number of hydrogen-bond donors (Lipinski definition) is 2. The lowest BCUT2D eigenvalue weighted by Crippen LogP contribution is -2.32. The van der Waals surface area contributed by atoms with Crippen LogP contribution in [0.4, 0.5) is 11.6 Å². The summed E-state index contributed by atoms with van der Waals surface area (Å²) in [5.41, 5.74) is 3.39. The van der Waals surface area contributed by atoms with Gasteiger partial charge in [0.1, 0.15) is 24.7 Å². The number of allylic oxidation sites excluding steroid dienone is 1. The van der Waals surface area contributed by atoms with E-state index >= 15 is 0 Å². The highest BCUT2D eigenvalue weighted by Crippen LogP contribution is 2.43. The van der Waals surface area contributed by atoms with Crippen LogP contribution in [0.1, 0.15) is 24.1 Å². The molecule has 2 heterocycles. The summed E-state index contributed by atoms with van der Waals surface area (Å²) in [4.78, 5) is 18.1. The second kappa shape index (κ2) is 10.4. The van der Waals surface area contributed by atoms with Crippen LogP contribution >= 0.6 is 0 Å². The summed E-state index contributed by atoms with van der Waals surface area (Å²) in [6, 6.07) is 22.1. The summed E-state index contributed by atoms with van der Waals surface area (Å²) in [7, 11) is 3.16. The van der Waals surface area contributed by atoms with Gasteiger partial charge < -0.3 is 24.8 Å². The fourth-order valence-electron chi connectivity index (χ4n) is 4.40. The van der Waals surface area contributed by atoms with Crippen molar-refractivity contribution < 1.29 is 19.0 Å². The van der Waals surface area contributed by atoms with Crippen molar-refractivity contribution in [2.75, 3.05) is 24.9 Å². The van der Waals surface area contributed by atoms with E-state index in [1.165, 1.54) is 6.33 Å². The summed E-state index contributed by atoms with van der Waals surface area (Å²) in [5, 5.41) is 10.6. The zero-order chi connectivity index (χ0) is 25.8. The molecule has 1 atom stereocenters. The number of amides is 1. The van der Waals surface area contributed by atoms with Gasteiger partial charge in [0.15, 0.2) is 11.5 Å². The Morgan fingerprint density at radius 3 is 2.49 bits per heavy atom. The Morgan fingerprint density at radius 1 is 0.973 bits per heavy atom. The molecule has 3 aromatic carbocycles. The molecule has 37 heavy (non-hydrogen) atoms. The molecule has 1 amide bonds. The van der Waals surface area contributed by atoms with E-state index in [1.807, 2.05) is 67.6 Å². The molecule has 1 aliphatic rings. The van der Waals surface area contributed by atoms with Gasteiger partial charge in [-0.05, 0) is 30.7 Å². The van der Waals surface area contributed by atoms with Gasteiger partial charge in [0.25, 0.3) is 5.91 Å². The zero-order valence-corrected chi connectivity index (χ0v) is 20.8. The maximum absolute atomic E-state index is 13.8. The van der Waals surface area contributed by atoms with Gasteiger partial charge in [-0.1, -0.05) is 54.6 Å². The SMILES string of the molecule is COc1ccccc1NC(=O)C1=C(C)Nc2ncnn2C1c1cccc(OC)c1OCc1ccccc1. The van der Waals surface area contributed by atoms with Crippen molar-refractivity contribution in [1.82, 2.24) is 14.8 Å². The third-order valence-corrected chi connectivity index (χ3v) is 6.14. The van der Waals surface area contributed by atoms with Crippen LogP contribution in [-0.4, -0.2) is 34.9 Å². The van der Waals surface area contributed by atoms with E-state index in [1.54, 1.807) is 31.0 Å². The third-order valence-electron chi connectivity index (χ3n) is 6.14. The number of methoxy groups -OCH3 is 2. The molecule has 4 aromatic rings. The minimum atomic E-state index is -0.630. The van der Waals surface area contributed by atoms with Crippen molar-refractivity contribution in [3.8, 4) is 17.2 Å². The maximum Gasteiger partial charge on any atom is 0.255 e. The lowest BCUT2D eigenvalue weighted by Gasteiger charge is -2.30. The molecule has 1 unspecified atom stereocenters. The molecular formula is C28H27N5O4. The molecule has 9 heteroatoms. The summed E-state index contributed by atoms with van der Waals surface area (Å²) < 4.78 is 19.1. The summed E-state index contributed by atoms with van der Waals surface area (Å²) >= 11 is 0. The second-order valence-electron chi connectivity index (χ2n) is 8.40. The highest BCUT2D eigenvalue weighted by atomic mass is 16.5. The molecule has 0 aliphatic carbocycles. The number of rotatable bonds is 8. The minimum absolute atomic E-state index is 0.308. The molecule has 1 aliphatic heterocycles. The van der Waals surface area contributed by atoms with Gasteiger partial charge in [0, 0.05) is 11.3 Å². The number of nitrogens with one attached hydrogen (secondary N) is 2. The van der Waals surface area contributed by atoms with Crippen molar-refractivity contribution >= 4 is 17.5 Å². The van der Waals surface area contributed by atoms with Gasteiger partial charge in [-0.2, -0.15) is 10.1 Å². The number of aromatic nitrogens is 3. The minimum Gasteiger partial charge on any atom is -0.495 e. The van der Waals surface area contributed by atoms with Crippen molar-refractivity contribution in [2.24, 2.45) is 0 Å². The zero-order valence-electron chi connectivity index (χ0n) is 20.8. The Bertz CT molecular complexity index is 1450. The second-order valence-corrected chi connectivity index (χ2v) is 8.40. The van der Waals surface area contributed by atoms with Crippen LogP contribution in [0.15, 0.2) is 90.4 Å².